The van der Waals surface area contributed by atoms with E-state index in [1.807, 2.05) is 13.8 Å². The van der Waals surface area contributed by atoms with Gasteiger partial charge in [0.25, 0.3) is 11.8 Å². The predicted octanol–water partition coefficient (Wildman–Crippen LogP) is 0.910. The van der Waals surface area contributed by atoms with E-state index in [0.29, 0.717) is 5.69 Å². The summed E-state index contributed by atoms with van der Waals surface area (Å²) in [5, 5.41) is 5.62. The number of carbonyl (C=O) groups is 5. The number of nitrogens with one attached hydrogen (secondary N) is 2. The fourth-order valence-corrected chi connectivity index (χ4v) is 3.41. The second-order valence-electron chi connectivity index (χ2n) is 7.02. The maximum atomic E-state index is 12.9. The van der Waals surface area contributed by atoms with Crippen LogP contribution in [0, 0.1) is 0 Å². The van der Waals surface area contributed by atoms with Gasteiger partial charge in [-0.3, -0.25) is 28.9 Å². The molecule has 142 valence electrons. The molecular weight excluding hydrogens is 350 g/mol. The molecule has 1 aliphatic carbocycles. The highest BCUT2D eigenvalue weighted by molar-refractivity contribution is 6.25. The van der Waals surface area contributed by atoms with Gasteiger partial charge in [-0.1, -0.05) is 6.07 Å². The maximum Gasteiger partial charge on any atom is 0.264 e. The van der Waals surface area contributed by atoms with Crippen molar-refractivity contribution in [2.75, 3.05) is 11.9 Å². The molecule has 1 saturated carbocycles. The molecule has 1 unspecified atom stereocenters. The first-order valence-corrected chi connectivity index (χ1v) is 8.88. The van der Waals surface area contributed by atoms with E-state index in [2.05, 4.69) is 10.6 Å². The number of hydrogen-bond acceptors (Lipinski definition) is 6. The van der Waals surface area contributed by atoms with Gasteiger partial charge in [0.2, 0.25) is 5.91 Å². The number of rotatable bonds is 5. The molecule has 2 N–H and O–H groups in total. The van der Waals surface area contributed by atoms with Gasteiger partial charge < -0.3 is 10.6 Å². The summed E-state index contributed by atoms with van der Waals surface area (Å²) in [6, 6.07) is 3.82. The summed E-state index contributed by atoms with van der Waals surface area (Å²) in [5.74, 6) is -1.94. The summed E-state index contributed by atoms with van der Waals surface area (Å²) in [6.07, 6.45) is 0.0749. The lowest BCUT2D eigenvalue weighted by Gasteiger charge is -2.27. The SMILES string of the molecule is CC(C)NC(=O)CNc1cccc2c1C(=O)N(C1CCC(=O)CC1=O)C2=O. The number of carbonyl (C=O) groups excluding carboxylic acids is 5. The van der Waals surface area contributed by atoms with Crippen molar-refractivity contribution in [1.29, 1.82) is 0 Å². The maximum absolute atomic E-state index is 12.9. The minimum atomic E-state index is -0.910. The van der Waals surface area contributed by atoms with Crippen LogP contribution in [-0.2, 0) is 14.4 Å². The molecular formula is C19H21N3O5. The van der Waals surface area contributed by atoms with Gasteiger partial charge in [-0.05, 0) is 32.4 Å². The fraction of sp³-hybridized carbons (Fsp3) is 0.421. The number of Topliss-reactive ketones (excluding diaryl/α,β-unsaturated/α-hetero) is 2. The van der Waals surface area contributed by atoms with Crippen LogP contribution in [0.25, 0.3) is 0 Å². The molecule has 8 heteroatoms. The molecule has 0 spiro atoms. The smallest absolute Gasteiger partial charge is 0.264 e. The van der Waals surface area contributed by atoms with Crippen LogP contribution in [0.5, 0.6) is 0 Å². The summed E-state index contributed by atoms with van der Waals surface area (Å²) in [6.45, 7) is 3.63. The second kappa shape index (κ2) is 7.30. The van der Waals surface area contributed by atoms with Crippen LogP contribution in [0.3, 0.4) is 0 Å². The van der Waals surface area contributed by atoms with Crippen molar-refractivity contribution in [3.63, 3.8) is 0 Å². The largest absolute Gasteiger partial charge is 0.375 e. The van der Waals surface area contributed by atoms with Crippen molar-refractivity contribution in [3.05, 3.63) is 29.3 Å². The van der Waals surface area contributed by atoms with E-state index in [-0.39, 0.29) is 54.7 Å². The Balaban J connectivity index is 1.83. The molecule has 0 bridgehead atoms. The number of nitrogens with zero attached hydrogens (tertiary/aromatic N) is 1. The molecule has 0 radical (unpaired) electrons. The zero-order valence-corrected chi connectivity index (χ0v) is 15.2. The third kappa shape index (κ3) is 3.60. The molecule has 0 saturated heterocycles. The summed E-state index contributed by atoms with van der Waals surface area (Å²) in [5.41, 5.74) is 0.718. The Bertz CT molecular complexity index is 846. The van der Waals surface area contributed by atoms with Gasteiger partial charge in [-0.15, -0.1) is 0 Å². The number of fused-ring (bicyclic) bond motifs is 1. The Morgan fingerprint density at radius 2 is 1.93 bits per heavy atom. The highest BCUT2D eigenvalue weighted by atomic mass is 16.2. The Labute approximate surface area is 156 Å². The molecule has 1 heterocycles. The summed E-state index contributed by atoms with van der Waals surface area (Å²) < 4.78 is 0. The molecule has 1 atom stereocenters. The second-order valence-corrected chi connectivity index (χ2v) is 7.02. The fourth-order valence-electron chi connectivity index (χ4n) is 3.41. The van der Waals surface area contributed by atoms with Crippen molar-refractivity contribution < 1.29 is 24.0 Å². The first-order valence-electron chi connectivity index (χ1n) is 8.88. The van der Waals surface area contributed by atoms with Crippen molar-refractivity contribution in [2.45, 2.75) is 45.2 Å². The van der Waals surface area contributed by atoms with Gasteiger partial charge in [-0.2, -0.15) is 0 Å². The quantitative estimate of drug-likeness (QED) is 0.588. The minimum Gasteiger partial charge on any atom is -0.375 e. The standard InChI is InChI=1S/C19H21N3O5/c1-10(2)21-16(25)9-20-13-5-3-4-12-17(13)19(27)22(18(12)26)14-7-6-11(23)8-15(14)24/h3-5,10,14,20H,6-9H2,1-2H3,(H,21,25). The topological polar surface area (TPSA) is 113 Å². The summed E-state index contributed by atoms with van der Waals surface area (Å²) >= 11 is 0. The number of ketones is 2. The Morgan fingerprint density at radius 1 is 1.19 bits per heavy atom. The number of imide groups is 1. The van der Waals surface area contributed by atoms with Gasteiger partial charge in [0.15, 0.2) is 5.78 Å². The van der Waals surface area contributed by atoms with E-state index in [4.69, 9.17) is 0 Å². The average molecular weight is 371 g/mol. The molecule has 27 heavy (non-hydrogen) atoms. The lowest BCUT2D eigenvalue weighted by Crippen LogP contribution is -2.47. The monoisotopic (exact) mass is 371 g/mol. The molecule has 8 nitrogen and oxygen atoms in total. The molecule has 3 amide bonds. The van der Waals surface area contributed by atoms with E-state index in [9.17, 15) is 24.0 Å². The number of hydrogen-bond donors (Lipinski definition) is 2. The van der Waals surface area contributed by atoms with Gasteiger partial charge in [0, 0.05) is 18.2 Å². The number of amides is 3. The Morgan fingerprint density at radius 3 is 2.59 bits per heavy atom. The van der Waals surface area contributed by atoms with Gasteiger partial charge in [0.05, 0.1) is 30.1 Å². The highest BCUT2D eigenvalue weighted by Gasteiger charge is 2.45. The van der Waals surface area contributed by atoms with Crippen molar-refractivity contribution in [1.82, 2.24) is 10.2 Å². The Kier molecular flexibility index (Phi) is 5.07. The molecule has 1 aromatic carbocycles. The molecule has 3 rings (SSSR count). The molecule has 0 aromatic heterocycles. The summed E-state index contributed by atoms with van der Waals surface area (Å²) in [7, 11) is 0. The van der Waals surface area contributed by atoms with Crippen molar-refractivity contribution in [2.24, 2.45) is 0 Å². The van der Waals surface area contributed by atoms with E-state index in [1.165, 1.54) is 6.07 Å². The minimum absolute atomic E-state index is 0.0143. The first kappa shape index (κ1) is 18.8. The van der Waals surface area contributed by atoms with Gasteiger partial charge >= 0.3 is 0 Å². The van der Waals surface area contributed by atoms with Gasteiger partial charge in [-0.25, -0.2) is 0 Å². The van der Waals surface area contributed by atoms with Crippen molar-refractivity contribution >= 4 is 35.0 Å². The van der Waals surface area contributed by atoms with Gasteiger partial charge in [0.1, 0.15) is 5.78 Å². The lowest BCUT2D eigenvalue weighted by atomic mass is 9.92. The Hall–Kier alpha value is -3.03. The zero-order valence-electron chi connectivity index (χ0n) is 15.2. The third-order valence-corrected chi connectivity index (χ3v) is 4.59. The van der Waals surface area contributed by atoms with Crippen LogP contribution >= 0.6 is 0 Å². The molecule has 1 aromatic rings. The van der Waals surface area contributed by atoms with E-state index >= 15 is 0 Å². The summed E-state index contributed by atoms with van der Waals surface area (Å²) in [4.78, 5) is 62.1. The van der Waals surface area contributed by atoms with Crippen LogP contribution < -0.4 is 10.6 Å². The van der Waals surface area contributed by atoms with Crippen LogP contribution in [0.4, 0.5) is 5.69 Å². The number of benzene rings is 1. The lowest BCUT2D eigenvalue weighted by molar-refractivity contribution is -0.132. The third-order valence-electron chi connectivity index (χ3n) is 4.59. The molecule has 1 aliphatic heterocycles. The average Bonchev–Trinajstić information content (AvgIpc) is 2.85. The first-order chi connectivity index (χ1) is 12.8. The number of anilines is 1. The van der Waals surface area contributed by atoms with Crippen LogP contribution in [-0.4, -0.2) is 52.8 Å². The predicted molar refractivity (Wildman–Crippen MR) is 96.4 cm³/mol. The van der Waals surface area contributed by atoms with Crippen molar-refractivity contribution in [3.8, 4) is 0 Å². The van der Waals surface area contributed by atoms with Crippen LogP contribution in [0.2, 0.25) is 0 Å². The van der Waals surface area contributed by atoms with E-state index in [1.54, 1.807) is 12.1 Å². The molecule has 1 fully saturated rings. The normalized spacial score (nSPS) is 19.5. The zero-order chi connectivity index (χ0) is 19.7. The molecule has 2 aliphatic rings. The van der Waals surface area contributed by atoms with E-state index in [0.717, 1.165) is 4.90 Å². The van der Waals surface area contributed by atoms with Crippen LogP contribution in [0.15, 0.2) is 18.2 Å². The van der Waals surface area contributed by atoms with E-state index < -0.39 is 23.6 Å². The van der Waals surface area contributed by atoms with Crippen LogP contribution in [0.1, 0.15) is 53.8 Å². The highest BCUT2D eigenvalue weighted by Crippen LogP contribution is 2.33.